The minimum absolute atomic E-state index is 0.0118. The smallest absolute Gasteiger partial charge is 0.442 e. The average Bonchev–Trinajstić information content (AvgIpc) is 0.894. The van der Waals surface area contributed by atoms with Gasteiger partial charge in [-0.15, -0.1) is 31.2 Å². The number of nitrogens with zero attached hydrogens (tertiary/aromatic N) is 8. The number of anilines is 4. The lowest BCUT2D eigenvalue weighted by Crippen LogP contribution is -2.78. The molecule has 4 saturated heterocycles. The summed E-state index contributed by atoms with van der Waals surface area (Å²) in [6.07, 6.45) is 0.508. The number of ether oxygens (including phenoxy) is 2. The molecule has 4 atom stereocenters. The highest BCUT2D eigenvalue weighted by atomic mass is 32.3. The molecule has 10 rings (SSSR count). The van der Waals surface area contributed by atoms with E-state index in [1.807, 2.05) is 60.9 Å². The van der Waals surface area contributed by atoms with Crippen LogP contribution in [0, 0.1) is 11.8 Å². The van der Waals surface area contributed by atoms with Crippen LogP contribution in [-0.2, 0) is 70.5 Å². The fourth-order valence-electron chi connectivity index (χ4n) is 10.4. The number of thiazole rings is 2. The van der Waals surface area contributed by atoms with Crippen molar-refractivity contribution in [1.82, 2.24) is 41.4 Å². The first-order valence-electron chi connectivity index (χ1n) is 30.4. The van der Waals surface area contributed by atoms with Gasteiger partial charge < -0.3 is 73.6 Å². The van der Waals surface area contributed by atoms with Crippen LogP contribution >= 0.6 is 22.7 Å². The zero-order chi connectivity index (χ0) is 69.3. The molecular weight excluding hydrogens is 1320 g/mol. The van der Waals surface area contributed by atoms with Gasteiger partial charge in [-0.2, -0.15) is 18.5 Å². The molecule has 0 unspecified atom stereocenters. The molecule has 37 heteroatoms. The minimum atomic E-state index is -5.38. The number of hydrogen-bond donors (Lipinski definition) is 12. The number of nitrogens with one attached hydrogen (secondary N) is 6. The van der Waals surface area contributed by atoms with Gasteiger partial charge in [0.2, 0.25) is 0 Å². The summed E-state index contributed by atoms with van der Waals surface area (Å²) in [5.74, 6) is -4.12. The number of β-lactam (4-membered cyclic amide) rings is 2. The molecule has 8 heterocycles. The molecule has 0 spiro atoms. The Morgan fingerprint density at radius 2 is 1.00 bits per heavy atom. The van der Waals surface area contributed by atoms with Crippen molar-refractivity contribution in [3.8, 4) is 33.8 Å². The van der Waals surface area contributed by atoms with E-state index in [9.17, 15) is 47.4 Å². The Kier molecular flexibility index (Phi) is 21.8. The number of hydroxylamine groups is 4. The number of benzene rings is 2. The Bertz CT molecular complexity index is 3820. The first-order chi connectivity index (χ1) is 46.3. The number of aliphatic carboxylic acids is 2. The summed E-state index contributed by atoms with van der Waals surface area (Å²) in [4.78, 5) is 99.1. The zero-order valence-electron chi connectivity index (χ0n) is 52.9. The normalized spacial score (nSPS) is 18.3. The third-order valence-electron chi connectivity index (χ3n) is 16.1. The number of carboxylic acids is 2. The average molecular weight is 1400 g/mol. The molecule has 0 saturated carbocycles. The number of carbonyl (C=O) groups is 6. The van der Waals surface area contributed by atoms with Crippen LogP contribution in [0.25, 0.3) is 22.3 Å². The first-order valence-corrected chi connectivity index (χ1v) is 33.5. The van der Waals surface area contributed by atoms with Crippen LogP contribution in [0.3, 0.4) is 0 Å². The van der Waals surface area contributed by atoms with Gasteiger partial charge in [0.15, 0.2) is 21.7 Å². The van der Waals surface area contributed by atoms with Gasteiger partial charge in [-0.25, -0.2) is 28.7 Å². The van der Waals surface area contributed by atoms with Crippen molar-refractivity contribution in [2.75, 3.05) is 87.7 Å². The van der Waals surface area contributed by atoms with Crippen molar-refractivity contribution in [1.29, 1.82) is 0 Å². The number of carbonyl (C=O) groups excluding carboxylic acids is 4. The number of rotatable bonds is 34. The van der Waals surface area contributed by atoms with Crippen molar-refractivity contribution in [2.45, 2.75) is 76.2 Å². The van der Waals surface area contributed by atoms with E-state index in [1.54, 1.807) is 24.3 Å². The van der Waals surface area contributed by atoms with E-state index in [-0.39, 0.29) is 21.7 Å². The molecule has 4 amide bonds. The third kappa shape index (κ3) is 16.6. The monoisotopic (exact) mass is 1400 g/mol. The molecule has 4 aliphatic heterocycles. The molecule has 516 valence electrons. The quantitative estimate of drug-likeness (QED) is 0.0104. The van der Waals surface area contributed by atoms with Crippen LogP contribution in [0.1, 0.15) is 39.1 Å². The van der Waals surface area contributed by atoms with Crippen LogP contribution in [0.4, 0.5) is 21.9 Å². The van der Waals surface area contributed by atoms with Gasteiger partial charge in [0, 0.05) is 85.1 Å². The van der Waals surface area contributed by atoms with Crippen LogP contribution in [0.15, 0.2) is 106 Å². The first kappa shape index (κ1) is 70.1. The van der Waals surface area contributed by atoms with Crippen LogP contribution in [0.5, 0.6) is 11.5 Å². The molecule has 16 N–H and O–H groups in total. The van der Waals surface area contributed by atoms with Gasteiger partial charge in [-0.3, -0.25) is 29.8 Å². The summed E-state index contributed by atoms with van der Waals surface area (Å²) < 4.78 is 53.0. The number of carboxylic acid groups (broad SMARTS) is 2. The van der Waals surface area contributed by atoms with Crippen LogP contribution in [0.2, 0.25) is 0 Å². The summed E-state index contributed by atoms with van der Waals surface area (Å²) >= 11 is 1.82. The number of amides is 4. The Morgan fingerprint density at radius 3 is 1.31 bits per heavy atom. The number of oxime groups is 2. The molecule has 0 radical (unpaired) electrons. The van der Waals surface area contributed by atoms with Crippen molar-refractivity contribution in [3.63, 3.8) is 0 Å². The van der Waals surface area contributed by atoms with Gasteiger partial charge in [0.1, 0.15) is 48.2 Å². The van der Waals surface area contributed by atoms with Gasteiger partial charge in [-0.1, -0.05) is 34.6 Å². The largest absolute Gasteiger partial charge is 0.489 e. The van der Waals surface area contributed by atoms with E-state index >= 15 is 0 Å². The van der Waals surface area contributed by atoms with Gasteiger partial charge >= 0.3 is 22.3 Å². The molecule has 6 aromatic rings. The summed E-state index contributed by atoms with van der Waals surface area (Å²) in [5.41, 5.74) is 21.8. The molecule has 2 aromatic carbocycles. The van der Waals surface area contributed by atoms with E-state index in [0.29, 0.717) is 59.6 Å². The fourth-order valence-corrected chi connectivity index (χ4v) is 12.4. The predicted molar refractivity (Wildman–Crippen MR) is 351 cm³/mol. The lowest BCUT2D eigenvalue weighted by Gasteiger charge is -2.52. The second kappa shape index (κ2) is 30.1. The third-order valence-corrected chi connectivity index (χ3v) is 18.1. The van der Waals surface area contributed by atoms with Crippen molar-refractivity contribution >= 4 is 102 Å². The topological polar surface area (TPSA) is 473 Å². The maximum Gasteiger partial charge on any atom is 0.442 e. The zero-order valence-corrected chi connectivity index (χ0v) is 55.4. The predicted octanol–water partition coefficient (Wildman–Crippen LogP) is -0.622. The SMILES string of the molecule is CC1(C)[C@H](NC(=O)/C(=N\O[C@@H](COc2ccc(-c3ccc(NCCN)[n+](CC4CNC4)c3)cc2)C(=O)O)c2csc(N)n2)C(=O)N1OS(=O)(=O)ON1C(=O)[C@@H](NC(=O)/C(=N\O[C@@H](COc2ccc(-c3ccc(NCCN)[n+](CC4CNC4)c3)cc2)C(=O)O)c2csc(N)n2)C1(C)C. The van der Waals surface area contributed by atoms with Crippen molar-refractivity contribution < 1.29 is 84.2 Å². The number of nitrogens with two attached hydrogens (primary N) is 4. The lowest BCUT2D eigenvalue weighted by molar-refractivity contribution is -0.690. The molecule has 0 bridgehead atoms. The summed E-state index contributed by atoms with van der Waals surface area (Å²) in [7, 11) is -5.38. The van der Waals surface area contributed by atoms with E-state index < -0.39 is 106 Å². The van der Waals surface area contributed by atoms with E-state index in [1.165, 1.54) is 38.5 Å². The Labute approximate surface area is 563 Å². The highest BCUT2D eigenvalue weighted by Gasteiger charge is 2.61. The lowest BCUT2D eigenvalue weighted by atomic mass is 9.84. The standard InChI is InChI=1S/C60H72N18O16S3/c1-59(2)49(71-51(79)47(41-31-95-57(63)69-41)73-91-43(55(83)84)29-89-39-11-5-35(6-12-39)37-9-15-45(67-19-17-61)75(27-37)25-33-21-65-22-33)53(81)77(59)93-97(87,88)94-78-54(82)50(60(78,3)4)72-52(80)48(42-32-96-58(64)70-42)74-92-44(56(85)86)30-90-40-13-7-36(8-14-40)38-10-16-46(68-20-18-62)76(28-38)26-34-23-66-24-34/h5-16,27-28,31-34,43-44,49-50,65-66H,17-26,29-30,61-62H2,1-4H3,(H8,63,64,69,70,71,72,79,80,83,84,85,86)/p+2/b73-47-,74-48-/t43-,44-,49+,50+/m0/s1. The van der Waals surface area contributed by atoms with Gasteiger partial charge in [0.25, 0.3) is 47.5 Å². The van der Waals surface area contributed by atoms with Gasteiger partial charge in [-0.05, 0) is 75.2 Å². The number of aromatic nitrogens is 4. The maximum absolute atomic E-state index is 14.0. The molecule has 0 aliphatic carbocycles. The van der Waals surface area contributed by atoms with E-state index in [0.717, 1.165) is 95.8 Å². The Morgan fingerprint density at radius 1 is 0.629 bits per heavy atom. The van der Waals surface area contributed by atoms with Crippen molar-refractivity contribution in [2.24, 2.45) is 33.6 Å². The fraction of sp³-hybridized carbons (Fsp3) is 0.400. The Balaban J connectivity index is 0.729. The summed E-state index contributed by atoms with van der Waals surface area (Å²) in [5, 5.41) is 49.4. The molecule has 97 heavy (non-hydrogen) atoms. The van der Waals surface area contributed by atoms with Gasteiger partial charge in [0.05, 0.1) is 49.7 Å². The molecule has 4 aromatic heterocycles. The van der Waals surface area contributed by atoms with E-state index in [4.69, 9.17) is 50.7 Å². The highest BCUT2D eigenvalue weighted by Crippen LogP contribution is 2.37. The van der Waals surface area contributed by atoms with Crippen molar-refractivity contribution in [3.05, 3.63) is 107 Å². The van der Waals surface area contributed by atoms with Crippen LogP contribution in [-0.4, -0.2) is 187 Å². The Hall–Kier alpha value is -9.73. The molecule has 4 aliphatic rings. The number of pyridine rings is 2. The molecule has 34 nitrogen and oxygen atoms in total. The van der Waals surface area contributed by atoms with E-state index in [2.05, 4.69) is 61.3 Å². The second-order valence-electron chi connectivity index (χ2n) is 23.9. The molecule has 4 fully saturated rings. The highest BCUT2D eigenvalue weighted by molar-refractivity contribution is 7.81. The van der Waals surface area contributed by atoms with Crippen LogP contribution < -0.4 is 73.4 Å². The number of nitrogen functional groups attached to an aromatic ring is 2. The molecular formula is C60H74N18O16S3+2. The summed E-state index contributed by atoms with van der Waals surface area (Å²) in [6.45, 7) is 11.5. The number of hydrogen-bond acceptors (Lipinski definition) is 28. The second-order valence-corrected chi connectivity index (χ2v) is 26.8. The maximum atomic E-state index is 14.0. The minimum Gasteiger partial charge on any atom is -0.489 e. The summed E-state index contributed by atoms with van der Waals surface area (Å²) in [6, 6.07) is 18.7.